The largest absolute Gasteiger partial charge is 0.461 e. The van der Waals surface area contributed by atoms with E-state index in [4.69, 9.17) is 9.47 Å². The van der Waals surface area contributed by atoms with E-state index in [9.17, 15) is 14.4 Å². The Morgan fingerprint density at radius 2 is 1.73 bits per heavy atom. The van der Waals surface area contributed by atoms with E-state index in [-0.39, 0.29) is 24.8 Å². The molecule has 0 aliphatic carbocycles. The van der Waals surface area contributed by atoms with Gasteiger partial charge in [-0.2, -0.15) is 0 Å². The molecule has 1 aromatic rings. The Morgan fingerprint density at radius 1 is 1.06 bits per heavy atom. The van der Waals surface area contributed by atoms with E-state index in [2.05, 4.69) is 15.5 Å². The van der Waals surface area contributed by atoms with Crippen LogP contribution in [0.4, 0.5) is 4.79 Å². The zero-order valence-corrected chi connectivity index (χ0v) is 20.0. The molecule has 9 heteroatoms. The number of benzene rings is 1. The van der Waals surface area contributed by atoms with Gasteiger partial charge in [0.2, 0.25) is 5.91 Å². The summed E-state index contributed by atoms with van der Waals surface area (Å²) in [5.74, 6) is -0.976. The highest BCUT2D eigenvalue weighted by Crippen LogP contribution is 2.09. The summed E-state index contributed by atoms with van der Waals surface area (Å²) < 4.78 is 10.4. The van der Waals surface area contributed by atoms with Crippen molar-refractivity contribution < 1.29 is 23.9 Å². The van der Waals surface area contributed by atoms with Crippen LogP contribution in [0.25, 0.3) is 0 Å². The maximum Gasteiger partial charge on any atom is 0.408 e. The summed E-state index contributed by atoms with van der Waals surface area (Å²) in [6, 6.07) is 8.42. The Balaban J connectivity index is 2.05. The number of nitrogens with zero attached hydrogens (tertiary/aromatic N) is 2. The zero-order valence-electron chi connectivity index (χ0n) is 20.0. The Labute approximate surface area is 196 Å². The molecule has 1 atom stereocenters. The van der Waals surface area contributed by atoms with E-state index in [0.29, 0.717) is 6.42 Å². The molecule has 0 aromatic heterocycles. The van der Waals surface area contributed by atoms with Crippen molar-refractivity contribution in [2.45, 2.75) is 39.8 Å². The second-order valence-corrected chi connectivity index (χ2v) is 8.48. The smallest absolute Gasteiger partial charge is 0.408 e. The Bertz CT molecular complexity index is 804. The number of amides is 2. The average Bonchev–Trinajstić information content (AvgIpc) is 2.78. The quantitative estimate of drug-likeness (QED) is 0.407. The molecule has 0 unspecified atom stereocenters. The van der Waals surface area contributed by atoms with Gasteiger partial charge in [0.05, 0.1) is 6.61 Å². The number of alkyl carbamates (subject to hydrolysis) is 1. The third kappa shape index (κ3) is 9.53. The van der Waals surface area contributed by atoms with Crippen molar-refractivity contribution in [1.82, 2.24) is 20.4 Å². The first kappa shape index (κ1) is 26.2. The van der Waals surface area contributed by atoms with Gasteiger partial charge in [0.15, 0.2) is 0 Å². The summed E-state index contributed by atoms with van der Waals surface area (Å²) in [4.78, 5) is 42.1. The van der Waals surface area contributed by atoms with Crippen LogP contribution in [-0.4, -0.2) is 73.6 Å². The van der Waals surface area contributed by atoms with Crippen molar-refractivity contribution in [2.75, 3.05) is 39.8 Å². The number of hydrogen-bond donors (Lipinski definition) is 2. The molecule has 1 heterocycles. The monoisotopic (exact) mass is 460 g/mol. The SMILES string of the molecule is CCOC(=O)/C(=C\N1CCN(C)CC1)NC(=O)[C@H](CC(C)C)NC(=O)OCc1ccccc1. The normalized spacial score (nSPS) is 15.7. The maximum absolute atomic E-state index is 13.0. The fourth-order valence-electron chi connectivity index (χ4n) is 3.31. The summed E-state index contributed by atoms with van der Waals surface area (Å²) in [5.41, 5.74) is 0.900. The number of ether oxygens (including phenoxy) is 2. The van der Waals surface area contributed by atoms with Crippen LogP contribution in [-0.2, 0) is 25.7 Å². The molecule has 0 spiro atoms. The summed E-state index contributed by atoms with van der Waals surface area (Å²) in [5, 5.41) is 5.30. The van der Waals surface area contributed by atoms with Crippen LogP contribution in [0.15, 0.2) is 42.2 Å². The molecule has 0 saturated carbocycles. The van der Waals surface area contributed by atoms with Crippen molar-refractivity contribution in [3.05, 3.63) is 47.8 Å². The van der Waals surface area contributed by atoms with Crippen LogP contribution >= 0.6 is 0 Å². The molecule has 1 fully saturated rings. The van der Waals surface area contributed by atoms with E-state index in [1.54, 1.807) is 13.1 Å². The average molecular weight is 461 g/mol. The topological polar surface area (TPSA) is 100 Å². The second-order valence-electron chi connectivity index (χ2n) is 8.48. The van der Waals surface area contributed by atoms with Gasteiger partial charge in [-0.3, -0.25) is 4.79 Å². The molecule has 1 aliphatic heterocycles. The highest BCUT2D eigenvalue weighted by Gasteiger charge is 2.26. The first-order valence-corrected chi connectivity index (χ1v) is 11.4. The van der Waals surface area contributed by atoms with Gasteiger partial charge in [0.25, 0.3) is 0 Å². The summed E-state index contributed by atoms with van der Waals surface area (Å²) in [6.45, 7) is 9.06. The molecule has 182 valence electrons. The van der Waals surface area contributed by atoms with E-state index < -0.39 is 24.0 Å². The van der Waals surface area contributed by atoms with Gasteiger partial charge in [0.1, 0.15) is 18.3 Å². The molecule has 9 nitrogen and oxygen atoms in total. The summed E-state index contributed by atoms with van der Waals surface area (Å²) in [6.07, 6.45) is 1.32. The third-order valence-electron chi connectivity index (χ3n) is 5.13. The first-order chi connectivity index (χ1) is 15.8. The number of esters is 1. The van der Waals surface area contributed by atoms with Crippen LogP contribution in [0.3, 0.4) is 0 Å². The van der Waals surface area contributed by atoms with Crippen molar-refractivity contribution in [2.24, 2.45) is 5.92 Å². The Kier molecular flexibility index (Phi) is 10.7. The molecule has 0 radical (unpaired) electrons. The molecule has 1 aliphatic rings. The number of likely N-dealkylation sites (N-methyl/N-ethyl adjacent to an activating group) is 1. The molecular weight excluding hydrogens is 424 g/mol. The van der Waals surface area contributed by atoms with E-state index in [1.165, 1.54) is 0 Å². The van der Waals surface area contributed by atoms with Crippen LogP contribution in [0.1, 0.15) is 32.8 Å². The maximum atomic E-state index is 13.0. The lowest BCUT2D eigenvalue weighted by molar-refractivity contribution is -0.140. The van der Waals surface area contributed by atoms with E-state index >= 15 is 0 Å². The van der Waals surface area contributed by atoms with Gasteiger partial charge < -0.3 is 29.9 Å². The number of hydrogen-bond acceptors (Lipinski definition) is 7. The lowest BCUT2D eigenvalue weighted by atomic mass is 10.0. The molecule has 2 rings (SSSR count). The molecule has 0 bridgehead atoms. The number of piperazine rings is 1. The van der Waals surface area contributed by atoms with Gasteiger partial charge in [-0.15, -0.1) is 0 Å². The number of carbonyl (C=O) groups is 3. The molecule has 2 N–H and O–H groups in total. The molecule has 33 heavy (non-hydrogen) atoms. The van der Waals surface area contributed by atoms with Gasteiger partial charge in [-0.25, -0.2) is 9.59 Å². The Hall–Kier alpha value is -3.07. The van der Waals surface area contributed by atoms with Crippen LogP contribution in [0.5, 0.6) is 0 Å². The lowest BCUT2D eigenvalue weighted by Gasteiger charge is -2.32. The van der Waals surface area contributed by atoms with Crippen LogP contribution in [0.2, 0.25) is 0 Å². The molecular formula is C24H36N4O5. The highest BCUT2D eigenvalue weighted by atomic mass is 16.5. The van der Waals surface area contributed by atoms with Crippen molar-refractivity contribution >= 4 is 18.0 Å². The summed E-state index contributed by atoms with van der Waals surface area (Å²) in [7, 11) is 2.04. The fraction of sp³-hybridized carbons (Fsp3) is 0.542. The molecule has 1 saturated heterocycles. The minimum absolute atomic E-state index is 0.0552. The predicted molar refractivity (Wildman–Crippen MR) is 125 cm³/mol. The van der Waals surface area contributed by atoms with E-state index in [1.807, 2.05) is 56.1 Å². The van der Waals surface area contributed by atoms with Crippen LogP contribution < -0.4 is 10.6 Å². The first-order valence-electron chi connectivity index (χ1n) is 11.4. The predicted octanol–water partition coefficient (Wildman–Crippen LogP) is 2.10. The second kappa shape index (κ2) is 13.5. The number of carbonyl (C=O) groups excluding carboxylic acids is 3. The van der Waals surface area contributed by atoms with Crippen molar-refractivity contribution in [3.63, 3.8) is 0 Å². The number of rotatable bonds is 10. The van der Waals surface area contributed by atoms with E-state index in [0.717, 1.165) is 31.7 Å². The van der Waals surface area contributed by atoms with Crippen molar-refractivity contribution in [3.8, 4) is 0 Å². The number of nitrogens with one attached hydrogen (secondary N) is 2. The molecule has 1 aromatic carbocycles. The fourth-order valence-corrected chi connectivity index (χ4v) is 3.31. The third-order valence-corrected chi connectivity index (χ3v) is 5.13. The minimum Gasteiger partial charge on any atom is -0.461 e. The lowest BCUT2D eigenvalue weighted by Crippen LogP contribution is -2.48. The van der Waals surface area contributed by atoms with Crippen LogP contribution in [0, 0.1) is 5.92 Å². The van der Waals surface area contributed by atoms with Gasteiger partial charge in [-0.1, -0.05) is 44.2 Å². The van der Waals surface area contributed by atoms with Gasteiger partial charge in [0, 0.05) is 32.4 Å². The van der Waals surface area contributed by atoms with Crippen molar-refractivity contribution in [1.29, 1.82) is 0 Å². The minimum atomic E-state index is -0.862. The zero-order chi connectivity index (χ0) is 24.2. The summed E-state index contributed by atoms with van der Waals surface area (Å²) >= 11 is 0. The molecule has 2 amide bonds. The standard InChI is InChI=1S/C24H36N4O5/c1-5-32-23(30)21(16-28-13-11-27(4)12-14-28)25-22(29)20(15-18(2)3)26-24(31)33-17-19-9-7-6-8-10-19/h6-10,16,18,20H,5,11-15,17H2,1-4H3,(H,25,29)(H,26,31)/b21-16+/t20-/m0/s1. The van der Waals surface area contributed by atoms with Gasteiger partial charge in [-0.05, 0) is 31.9 Å². The van der Waals surface area contributed by atoms with Gasteiger partial charge >= 0.3 is 12.1 Å². The highest BCUT2D eigenvalue weighted by molar-refractivity contribution is 5.96. The Morgan fingerprint density at radius 3 is 2.33 bits per heavy atom.